The fourth-order valence-corrected chi connectivity index (χ4v) is 4.36. The molecule has 146 valence electrons. The molecule has 0 aliphatic heterocycles. The molecule has 2 aromatic rings. The molecule has 0 fully saturated rings. The number of carbonyl (C=O) groups is 2. The van der Waals surface area contributed by atoms with Crippen LogP contribution in [0, 0.1) is 0 Å². The Morgan fingerprint density at radius 3 is 2.70 bits per heavy atom. The largest absolute Gasteiger partial charge is 0.383 e. The van der Waals surface area contributed by atoms with Crippen molar-refractivity contribution in [3.63, 3.8) is 0 Å². The summed E-state index contributed by atoms with van der Waals surface area (Å²) in [5.74, 6) is 0.116. The Hall–Kier alpha value is -1.54. The Bertz CT molecular complexity index is 767. The van der Waals surface area contributed by atoms with Gasteiger partial charge in [-0.25, -0.2) is 0 Å². The number of hydrogen-bond acceptors (Lipinski definition) is 5. The molecule has 0 aliphatic rings. The quantitative estimate of drug-likeness (QED) is 0.462. The molecule has 0 aliphatic carbocycles. The molecular weight excluding hydrogens is 404 g/mol. The van der Waals surface area contributed by atoms with Gasteiger partial charge in [-0.2, -0.15) is 0 Å². The second-order valence-electron chi connectivity index (χ2n) is 5.65. The van der Waals surface area contributed by atoms with Crippen LogP contribution in [0.15, 0.2) is 41.3 Å². The maximum absolute atomic E-state index is 13.0. The van der Waals surface area contributed by atoms with Crippen LogP contribution >= 0.6 is 34.7 Å². The van der Waals surface area contributed by atoms with Crippen molar-refractivity contribution < 1.29 is 14.3 Å². The third-order valence-electron chi connectivity index (χ3n) is 3.75. The van der Waals surface area contributed by atoms with Gasteiger partial charge in [-0.05, 0) is 31.2 Å². The Labute approximate surface area is 173 Å². The normalized spacial score (nSPS) is 10.6. The average Bonchev–Trinajstić information content (AvgIpc) is 3.09. The summed E-state index contributed by atoms with van der Waals surface area (Å²) in [6.07, 6.45) is 0. The van der Waals surface area contributed by atoms with E-state index in [-0.39, 0.29) is 17.6 Å². The molecule has 1 aromatic heterocycles. The molecule has 0 bridgehead atoms. The third kappa shape index (κ3) is 6.84. The molecule has 1 heterocycles. The van der Waals surface area contributed by atoms with Crippen LogP contribution in [0.1, 0.15) is 22.2 Å². The molecule has 1 N–H and O–H groups in total. The average molecular weight is 427 g/mol. The van der Waals surface area contributed by atoms with E-state index in [1.54, 1.807) is 18.1 Å². The van der Waals surface area contributed by atoms with E-state index < -0.39 is 0 Å². The van der Waals surface area contributed by atoms with E-state index in [9.17, 15) is 9.59 Å². The minimum Gasteiger partial charge on any atom is -0.383 e. The van der Waals surface area contributed by atoms with Crippen molar-refractivity contribution in [2.45, 2.75) is 18.4 Å². The highest BCUT2D eigenvalue weighted by atomic mass is 35.5. The number of benzene rings is 1. The van der Waals surface area contributed by atoms with Crippen LogP contribution in [0.5, 0.6) is 0 Å². The molecule has 2 rings (SSSR count). The van der Waals surface area contributed by atoms with Crippen molar-refractivity contribution in [2.24, 2.45) is 0 Å². The molecule has 0 spiro atoms. The maximum Gasteiger partial charge on any atom is 0.255 e. The standard InChI is InChI=1S/C19H23ClN2O3S2/c1-3-22(12-14-8-9-17(20)27-14)19(24)15-6-4-5-7-16(15)26-13-18(23)21-10-11-25-2/h4-9H,3,10-13H2,1-2H3,(H,21,23). The fourth-order valence-electron chi connectivity index (χ4n) is 2.38. The van der Waals surface area contributed by atoms with Gasteiger partial charge in [0.05, 0.1) is 28.8 Å². The van der Waals surface area contributed by atoms with Gasteiger partial charge in [-0.15, -0.1) is 23.1 Å². The highest BCUT2D eigenvalue weighted by Gasteiger charge is 2.19. The van der Waals surface area contributed by atoms with Gasteiger partial charge < -0.3 is 15.0 Å². The first kappa shape index (κ1) is 21.8. The van der Waals surface area contributed by atoms with E-state index >= 15 is 0 Å². The van der Waals surface area contributed by atoms with E-state index in [0.29, 0.717) is 36.1 Å². The van der Waals surface area contributed by atoms with Gasteiger partial charge in [0.25, 0.3) is 5.91 Å². The summed E-state index contributed by atoms with van der Waals surface area (Å²) >= 11 is 8.83. The van der Waals surface area contributed by atoms with Crippen LogP contribution in [0.4, 0.5) is 0 Å². The Morgan fingerprint density at radius 1 is 1.26 bits per heavy atom. The minimum absolute atomic E-state index is 0.0510. The number of nitrogens with one attached hydrogen (secondary N) is 1. The zero-order valence-electron chi connectivity index (χ0n) is 15.4. The predicted octanol–water partition coefficient (Wildman–Crippen LogP) is 3.92. The molecule has 27 heavy (non-hydrogen) atoms. The highest BCUT2D eigenvalue weighted by Crippen LogP contribution is 2.26. The minimum atomic E-state index is -0.0834. The number of methoxy groups -OCH3 is 1. The summed E-state index contributed by atoms with van der Waals surface area (Å²) in [6, 6.07) is 11.2. The molecule has 0 saturated carbocycles. The molecule has 2 amide bonds. The zero-order valence-corrected chi connectivity index (χ0v) is 17.8. The summed E-state index contributed by atoms with van der Waals surface area (Å²) in [5, 5.41) is 2.78. The van der Waals surface area contributed by atoms with Gasteiger partial charge in [0.1, 0.15) is 0 Å². The van der Waals surface area contributed by atoms with Crippen molar-refractivity contribution in [3.8, 4) is 0 Å². The molecule has 0 unspecified atom stereocenters. The van der Waals surface area contributed by atoms with Crippen molar-refractivity contribution >= 4 is 46.5 Å². The van der Waals surface area contributed by atoms with Gasteiger partial charge in [0.2, 0.25) is 5.91 Å². The number of halogens is 1. The van der Waals surface area contributed by atoms with Crippen LogP contribution < -0.4 is 5.32 Å². The topological polar surface area (TPSA) is 58.6 Å². The number of ether oxygens (including phenoxy) is 1. The first-order valence-corrected chi connectivity index (χ1v) is 10.7. The van der Waals surface area contributed by atoms with E-state index in [0.717, 1.165) is 9.77 Å². The lowest BCUT2D eigenvalue weighted by Gasteiger charge is -2.21. The second-order valence-corrected chi connectivity index (χ2v) is 8.47. The van der Waals surface area contributed by atoms with Crippen LogP contribution in [0.2, 0.25) is 4.34 Å². The number of amides is 2. The van der Waals surface area contributed by atoms with Crippen LogP contribution in [-0.2, 0) is 16.1 Å². The van der Waals surface area contributed by atoms with Crippen molar-refractivity contribution in [3.05, 3.63) is 51.2 Å². The Kier molecular flexibility index (Phi) is 9.14. The number of rotatable bonds is 10. The molecule has 0 radical (unpaired) electrons. The predicted molar refractivity (Wildman–Crippen MR) is 112 cm³/mol. The first-order valence-electron chi connectivity index (χ1n) is 8.56. The Morgan fingerprint density at radius 2 is 2.04 bits per heavy atom. The summed E-state index contributed by atoms with van der Waals surface area (Å²) in [4.78, 5) is 28.6. The summed E-state index contributed by atoms with van der Waals surface area (Å²) in [5.41, 5.74) is 0.608. The Balaban J connectivity index is 2.03. The number of thiophene rings is 1. The summed E-state index contributed by atoms with van der Waals surface area (Å²) in [6.45, 7) is 4.01. The lowest BCUT2D eigenvalue weighted by atomic mass is 10.2. The van der Waals surface area contributed by atoms with Gasteiger partial charge in [-0.1, -0.05) is 23.7 Å². The SMILES string of the molecule is CCN(Cc1ccc(Cl)s1)C(=O)c1ccccc1SCC(=O)NCCOC. The van der Waals surface area contributed by atoms with Gasteiger partial charge >= 0.3 is 0 Å². The van der Waals surface area contributed by atoms with Gasteiger partial charge in [0.15, 0.2) is 0 Å². The number of hydrogen-bond donors (Lipinski definition) is 1. The molecule has 5 nitrogen and oxygen atoms in total. The highest BCUT2D eigenvalue weighted by molar-refractivity contribution is 8.00. The second kappa shape index (κ2) is 11.3. The van der Waals surface area contributed by atoms with Crippen molar-refractivity contribution in [2.75, 3.05) is 32.6 Å². The molecule has 8 heteroatoms. The molecular formula is C19H23ClN2O3S2. The first-order chi connectivity index (χ1) is 13.0. The van der Waals surface area contributed by atoms with Crippen molar-refractivity contribution in [1.82, 2.24) is 10.2 Å². The van der Waals surface area contributed by atoms with Crippen molar-refractivity contribution in [1.29, 1.82) is 0 Å². The smallest absolute Gasteiger partial charge is 0.255 e. The lowest BCUT2D eigenvalue weighted by molar-refractivity contribution is -0.118. The zero-order chi connectivity index (χ0) is 19.6. The van der Waals surface area contributed by atoms with Crippen LogP contribution in [0.3, 0.4) is 0 Å². The fraction of sp³-hybridized carbons (Fsp3) is 0.368. The number of thioether (sulfide) groups is 1. The van der Waals surface area contributed by atoms with E-state index in [2.05, 4.69) is 5.32 Å². The lowest BCUT2D eigenvalue weighted by Crippen LogP contribution is -2.30. The molecule has 0 saturated heterocycles. The number of nitrogens with zero attached hydrogens (tertiary/aromatic N) is 1. The van der Waals surface area contributed by atoms with E-state index in [1.807, 2.05) is 37.3 Å². The number of carbonyl (C=O) groups excluding carboxylic acids is 2. The summed E-state index contributed by atoms with van der Waals surface area (Å²) < 4.78 is 5.63. The molecule has 0 atom stereocenters. The van der Waals surface area contributed by atoms with Crippen LogP contribution in [-0.4, -0.2) is 49.3 Å². The third-order valence-corrected chi connectivity index (χ3v) is 6.04. The monoisotopic (exact) mass is 426 g/mol. The van der Waals surface area contributed by atoms with E-state index in [4.69, 9.17) is 16.3 Å². The van der Waals surface area contributed by atoms with E-state index in [1.165, 1.54) is 23.1 Å². The summed E-state index contributed by atoms with van der Waals surface area (Å²) in [7, 11) is 1.59. The van der Waals surface area contributed by atoms with Crippen LogP contribution in [0.25, 0.3) is 0 Å². The van der Waals surface area contributed by atoms with Gasteiger partial charge in [0, 0.05) is 30.0 Å². The molecule has 1 aromatic carbocycles. The van der Waals surface area contributed by atoms with Gasteiger partial charge in [-0.3, -0.25) is 9.59 Å². The maximum atomic E-state index is 13.0.